The van der Waals surface area contributed by atoms with Gasteiger partial charge in [-0.25, -0.2) is 18.5 Å². The molecule has 0 saturated carbocycles. The van der Waals surface area contributed by atoms with E-state index in [1.807, 2.05) is 0 Å². The molecule has 42 heavy (non-hydrogen) atoms. The van der Waals surface area contributed by atoms with E-state index in [1.165, 1.54) is 24.3 Å². The molecular formula is C30H22F5N3O4. The number of fused-ring (bicyclic) bond motifs is 2. The van der Waals surface area contributed by atoms with Crippen molar-refractivity contribution in [3.8, 4) is 17.2 Å². The van der Waals surface area contributed by atoms with E-state index in [-0.39, 0.29) is 17.5 Å². The van der Waals surface area contributed by atoms with Gasteiger partial charge in [-0.2, -0.15) is 18.4 Å². The van der Waals surface area contributed by atoms with E-state index >= 15 is 0 Å². The lowest BCUT2D eigenvalue weighted by Crippen LogP contribution is -2.51. The van der Waals surface area contributed by atoms with Gasteiger partial charge in [0.05, 0.1) is 5.56 Å². The Bertz CT molecular complexity index is 1630. The van der Waals surface area contributed by atoms with E-state index < -0.39 is 60.5 Å². The van der Waals surface area contributed by atoms with Crippen molar-refractivity contribution in [2.45, 2.75) is 44.1 Å². The van der Waals surface area contributed by atoms with Gasteiger partial charge in [0.15, 0.2) is 0 Å². The quantitative estimate of drug-likeness (QED) is 0.353. The molecule has 0 aromatic heterocycles. The van der Waals surface area contributed by atoms with Crippen LogP contribution in [0.25, 0.3) is 11.1 Å². The zero-order chi connectivity index (χ0) is 30.4. The highest BCUT2D eigenvalue weighted by atomic mass is 19.4. The monoisotopic (exact) mass is 583 g/mol. The number of nitrogens with zero attached hydrogens (tertiary/aromatic N) is 3. The maximum absolute atomic E-state index is 14.2. The molecule has 0 bridgehead atoms. The molecule has 1 aliphatic carbocycles. The average molecular weight is 584 g/mol. The fourth-order valence-corrected chi connectivity index (χ4v) is 5.25. The van der Waals surface area contributed by atoms with Crippen LogP contribution in [0.3, 0.4) is 0 Å². The van der Waals surface area contributed by atoms with Crippen LogP contribution in [0.1, 0.15) is 35.6 Å². The van der Waals surface area contributed by atoms with Crippen LogP contribution in [-0.4, -0.2) is 46.5 Å². The van der Waals surface area contributed by atoms with Crippen LogP contribution in [0.15, 0.2) is 60.7 Å². The highest BCUT2D eigenvalue weighted by Gasteiger charge is 2.58. The van der Waals surface area contributed by atoms with E-state index in [0.717, 1.165) is 19.1 Å². The number of amides is 3. The zero-order valence-electron chi connectivity index (χ0n) is 22.0. The normalized spacial score (nSPS) is 18.5. The van der Waals surface area contributed by atoms with E-state index in [1.54, 1.807) is 30.3 Å². The van der Waals surface area contributed by atoms with Crippen molar-refractivity contribution in [2.24, 2.45) is 0 Å². The molecule has 3 aromatic carbocycles. The summed E-state index contributed by atoms with van der Waals surface area (Å²) in [5, 5.41) is 8.96. The minimum absolute atomic E-state index is 0.0427. The van der Waals surface area contributed by atoms with Gasteiger partial charge in [-0.1, -0.05) is 36.4 Å². The summed E-state index contributed by atoms with van der Waals surface area (Å²) in [7, 11) is 0. The van der Waals surface area contributed by atoms with Crippen LogP contribution in [0.4, 0.5) is 26.7 Å². The van der Waals surface area contributed by atoms with Gasteiger partial charge in [-0.3, -0.25) is 9.59 Å². The maximum Gasteiger partial charge on any atom is 0.418 e. The predicted molar refractivity (Wildman–Crippen MR) is 137 cm³/mol. The first-order valence-electron chi connectivity index (χ1n) is 12.8. The summed E-state index contributed by atoms with van der Waals surface area (Å²) < 4.78 is 73.9. The summed E-state index contributed by atoms with van der Waals surface area (Å²) in [5.74, 6) is -3.33. The number of halogens is 5. The van der Waals surface area contributed by atoms with E-state index in [2.05, 4.69) is 0 Å². The molecule has 5 rings (SSSR count). The molecule has 2 atom stereocenters. The van der Waals surface area contributed by atoms with Gasteiger partial charge < -0.3 is 9.64 Å². The van der Waals surface area contributed by atoms with Gasteiger partial charge in [0.1, 0.15) is 30.3 Å². The smallest absolute Gasteiger partial charge is 0.418 e. The Labute approximate surface area is 236 Å². The molecule has 1 aliphatic heterocycles. The molecule has 1 fully saturated rings. The van der Waals surface area contributed by atoms with Gasteiger partial charge in [0.2, 0.25) is 11.5 Å². The van der Waals surface area contributed by atoms with Crippen LogP contribution < -0.4 is 0 Å². The third kappa shape index (κ3) is 5.06. The van der Waals surface area contributed by atoms with Gasteiger partial charge in [-0.05, 0) is 59.9 Å². The van der Waals surface area contributed by atoms with Gasteiger partial charge in [-0.15, -0.1) is 0 Å². The van der Waals surface area contributed by atoms with Crippen molar-refractivity contribution < 1.29 is 41.1 Å². The van der Waals surface area contributed by atoms with Crippen molar-refractivity contribution in [1.82, 2.24) is 9.80 Å². The fraction of sp³-hybridized carbons (Fsp3) is 0.267. The van der Waals surface area contributed by atoms with Crippen LogP contribution in [0.5, 0.6) is 0 Å². The lowest BCUT2D eigenvalue weighted by molar-refractivity contribution is -0.187. The summed E-state index contributed by atoms with van der Waals surface area (Å²) in [6.07, 6.45) is -5.64. The van der Waals surface area contributed by atoms with Gasteiger partial charge in [0.25, 0.3) is 5.91 Å². The van der Waals surface area contributed by atoms with Crippen molar-refractivity contribution in [3.05, 3.63) is 94.6 Å². The summed E-state index contributed by atoms with van der Waals surface area (Å²) in [4.78, 5) is 40.6. The second-order valence-corrected chi connectivity index (χ2v) is 10.1. The molecule has 0 radical (unpaired) electrons. The summed E-state index contributed by atoms with van der Waals surface area (Å²) in [5.41, 5.74) is 0.426. The molecule has 1 heterocycles. The SMILES string of the molecule is C[C@H](N(Cc1ccc(F)cc1)C(=O)CN1C(=O)O[C@@]2(CCc3cc(-c4ccc(C#N)c(F)c4)ccc32)C1=O)C(F)(F)F. The number of ether oxygens (including phenoxy) is 1. The fourth-order valence-electron chi connectivity index (χ4n) is 5.25. The maximum atomic E-state index is 14.2. The Morgan fingerprint density at radius 3 is 2.38 bits per heavy atom. The Kier molecular flexibility index (Phi) is 7.22. The minimum atomic E-state index is -4.81. The highest BCUT2D eigenvalue weighted by molar-refractivity contribution is 6.06. The number of nitriles is 1. The van der Waals surface area contributed by atoms with Crippen molar-refractivity contribution >= 4 is 17.9 Å². The Balaban J connectivity index is 1.39. The lowest BCUT2D eigenvalue weighted by atomic mass is 9.92. The molecule has 3 aromatic rings. The Morgan fingerprint density at radius 2 is 1.74 bits per heavy atom. The number of aryl methyl sites for hydroxylation is 1. The lowest BCUT2D eigenvalue weighted by Gasteiger charge is -2.31. The molecule has 1 saturated heterocycles. The minimum Gasteiger partial charge on any atom is -0.427 e. The van der Waals surface area contributed by atoms with E-state index in [0.29, 0.717) is 38.5 Å². The first-order chi connectivity index (χ1) is 19.8. The number of carbonyl (C=O) groups is 3. The first kappa shape index (κ1) is 28.7. The number of hydrogen-bond donors (Lipinski definition) is 0. The largest absolute Gasteiger partial charge is 0.427 e. The average Bonchev–Trinajstić information content (AvgIpc) is 3.43. The van der Waals surface area contributed by atoms with Crippen LogP contribution in [0.2, 0.25) is 0 Å². The van der Waals surface area contributed by atoms with Crippen molar-refractivity contribution in [3.63, 3.8) is 0 Å². The number of imide groups is 1. The summed E-state index contributed by atoms with van der Waals surface area (Å²) in [6, 6.07) is 13.0. The number of carbonyl (C=O) groups excluding carboxylic acids is 3. The van der Waals surface area contributed by atoms with Crippen LogP contribution in [0, 0.1) is 23.0 Å². The Morgan fingerprint density at radius 1 is 1.07 bits per heavy atom. The molecule has 0 unspecified atom stereocenters. The van der Waals surface area contributed by atoms with Gasteiger partial charge in [0, 0.05) is 18.5 Å². The third-order valence-corrected chi connectivity index (χ3v) is 7.60. The first-order valence-corrected chi connectivity index (χ1v) is 12.8. The number of rotatable bonds is 6. The molecule has 3 amide bonds. The molecule has 2 aliphatic rings. The number of hydrogen-bond acceptors (Lipinski definition) is 5. The van der Waals surface area contributed by atoms with E-state index in [9.17, 15) is 36.3 Å². The van der Waals surface area contributed by atoms with Crippen LogP contribution >= 0.6 is 0 Å². The Hall–Kier alpha value is -4.79. The second-order valence-electron chi connectivity index (χ2n) is 10.1. The second kappa shape index (κ2) is 10.6. The zero-order valence-corrected chi connectivity index (χ0v) is 22.0. The molecule has 1 spiro atoms. The van der Waals surface area contributed by atoms with Crippen molar-refractivity contribution in [2.75, 3.05) is 6.54 Å². The van der Waals surface area contributed by atoms with Gasteiger partial charge >= 0.3 is 12.3 Å². The summed E-state index contributed by atoms with van der Waals surface area (Å²) >= 11 is 0. The third-order valence-electron chi connectivity index (χ3n) is 7.60. The molecular weight excluding hydrogens is 561 g/mol. The van der Waals surface area contributed by atoms with Crippen LogP contribution in [-0.2, 0) is 32.9 Å². The molecule has 7 nitrogen and oxygen atoms in total. The molecule has 12 heteroatoms. The highest BCUT2D eigenvalue weighted by Crippen LogP contribution is 2.46. The molecule has 216 valence electrons. The molecule has 0 N–H and O–H groups in total. The standard InChI is InChI=1S/C30H22F5N3O4/c1-17(30(33,34)35)37(15-18-2-7-23(31)8-3-18)26(39)16-38-27(40)29(42-28(38)41)11-10-21-12-19(6-9-24(21)29)20-4-5-22(14-36)25(32)13-20/h2-9,12-13,17H,10-11,15-16H2,1H3/t17-,29+/m0/s1. The summed E-state index contributed by atoms with van der Waals surface area (Å²) in [6.45, 7) is -0.750. The van der Waals surface area contributed by atoms with E-state index in [4.69, 9.17) is 10.00 Å². The van der Waals surface area contributed by atoms with Crippen molar-refractivity contribution in [1.29, 1.82) is 5.26 Å². The topological polar surface area (TPSA) is 90.7 Å². The number of benzene rings is 3. The predicted octanol–water partition coefficient (Wildman–Crippen LogP) is 5.60. The number of alkyl halides is 3.